The zero-order valence-corrected chi connectivity index (χ0v) is 13.0. The standard InChI is InChI=1S/C18H25NO3/c20-18(22-12-15-9-5-2-6-10-15)19-16(17-13-21-17)11-14-7-3-1-4-8-14/h2,5-6,9-10,14,16-17H,1,3-4,7-8,11-13H2,(H,19,20)/t16-,17?/m0/s1. The first kappa shape index (κ1) is 15.3. The average Bonchev–Trinajstić information content (AvgIpc) is 3.39. The van der Waals surface area contributed by atoms with Crippen LogP contribution >= 0.6 is 0 Å². The lowest BCUT2D eigenvalue weighted by Gasteiger charge is -2.26. The number of nitrogens with one attached hydrogen (secondary N) is 1. The molecule has 1 aliphatic heterocycles. The van der Waals surface area contributed by atoms with Crippen molar-refractivity contribution in [3.8, 4) is 0 Å². The quantitative estimate of drug-likeness (QED) is 0.816. The summed E-state index contributed by atoms with van der Waals surface area (Å²) in [7, 11) is 0. The van der Waals surface area contributed by atoms with Gasteiger partial charge in [0.2, 0.25) is 0 Å². The summed E-state index contributed by atoms with van der Waals surface area (Å²) in [5, 5.41) is 3.01. The maximum absolute atomic E-state index is 12.0. The lowest BCUT2D eigenvalue weighted by atomic mass is 9.84. The van der Waals surface area contributed by atoms with Crippen molar-refractivity contribution in [1.29, 1.82) is 0 Å². The van der Waals surface area contributed by atoms with Gasteiger partial charge in [-0.25, -0.2) is 4.79 Å². The fourth-order valence-electron chi connectivity index (χ4n) is 3.29. The minimum atomic E-state index is -0.333. The highest BCUT2D eigenvalue weighted by Gasteiger charge is 2.35. The van der Waals surface area contributed by atoms with E-state index in [2.05, 4.69) is 5.32 Å². The van der Waals surface area contributed by atoms with Crippen molar-refractivity contribution in [2.24, 2.45) is 5.92 Å². The Morgan fingerprint density at radius 3 is 2.64 bits per heavy atom. The molecule has 120 valence electrons. The van der Waals surface area contributed by atoms with Crippen molar-refractivity contribution in [2.75, 3.05) is 6.61 Å². The van der Waals surface area contributed by atoms with Crippen LogP contribution in [0.1, 0.15) is 44.1 Å². The van der Waals surface area contributed by atoms with E-state index in [1.165, 1.54) is 32.1 Å². The molecule has 1 aromatic carbocycles. The first-order chi connectivity index (χ1) is 10.8. The largest absolute Gasteiger partial charge is 0.445 e. The molecule has 4 nitrogen and oxygen atoms in total. The number of rotatable bonds is 6. The molecule has 2 aliphatic rings. The second-order valence-electron chi connectivity index (χ2n) is 6.42. The average molecular weight is 303 g/mol. The molecule has 4 heteroatoms. The minimum absolute atomic E-state index is 0.103. The lowest BCUT2D eigenvalue weighted by Crippen LogP contribution is -2.40. The second-order valence-corrected chi connectivity index (χ2v) is 6.42. The van der Waals surface area contributed by atoms with Crippen molar-refractivity contribution in [3.63, 3.8) is 0 Å². The molecule has 1 heterocycles. The molecule has 0 aromatic heterocycles. The fraction of sp³-hybridized carbons (Fsp3) is 0.611. The molecule has 2 atom stereocenters. The monoisotopic (exact) mass is 303 g/mol. The van der Waals surface area contributed by atoms with Gasteiger partial charge in [0.15, 0.2) is 0 Å². The molecule has 1 saturated heterocycles. The van der Waals surface area contributed by atoms with Gasteiger partial charge in [0.25, 0.3) is 0 Å². The van der Waals surface area contributed by atoms with Crippen LogP contribution in [-0.4, -0.2) is 24.8 Å². The van der Waals surface area contributed by atoms with Gasteiger partial charge in [-0.1, -0.05) is 62.4 Å². The van der Waals surface area contributed by atoms with Crippen LogP contribution in [0.2, 0.25) is 0 Å². The summed E-state index contributed by atoms with van der Waals surface area (Å²) >= 11 is 0. The van der Waals surface area contributed by atoms with Gasteiger partial charge in [-0.05, 0) is 17.9 Å². The van der Waals surface area contributed by atoms with Crippen LogP contribution in [0.25, 0.3) is 0 Å². The summed E-state index contributed by atoms with van der Waals surface area (Å²) in [6.07, 6.45) is 7.43. The first-order valence-corrected chi connectivity index (χ1v) is 8.40. The second kappa shape index (κ2) is 7.63. The highest BCUT2D eigenvalue weighted by Crippen LogP contribution is 2.30. The van der Waals surface area contributed by atoms with E-state index in [-0.39, 0.29) is 18.2 Å². The molecular weight excluding hydrogens is 278 g/mol. The third-order valence-corrected chi connectivity index (χ3v) is 4.64. The smallest absolute Gasteiger partial charge is 0.407 e. The Morgan fingerprint density at radius 2 is 1.95 bits per heavy atom. The molecule has 1 unspecified atom stereocenters. The van der Waals surface area contributed by atoms with E-state index in [1.54, 1.807) is 0 Å². The van der Waals surface area contributed by atoms with E-state index in [1.807, 2.05) is 30.3 Å². The number of hydrogen-bond acceptors (Lipinski definition) is 3. The number of amides is 1. The Labute approximate surface area is 132 Å². The van der Waals surface area contributed by atoms with Crippen LogP contribution in [0.5, 0.6) is 0 Å². The van der Waals surface area contributed by atoms with E-state index < -0.39 is 0 Å². The SMILES string of the molecule is O=C(N[C@@H](CC1CCCCC1)C1CO1)OCc1ccccc1. The fourth-order valence-corrected chi connectivity index (χ4v) is 3.29. The molecule has 3 rings (SSSR count). The highest BCUT2D eigenvalue weighted by atomic mass is 16.6. The number of carbonyl (C=O) groups is 1. The summed E-state index contributed by atoms with van der Waals surface area (Å²) in [6, 6.07) is 9.86. The predicted octanol–water partition coefficient (Wildman–Crippen LogP) is 3.65. The van der Waals surface area contributed by atoms with E-state index in [9.17, 15) is 4.79 Å². The van der Waals surface area contributed by atoms with E-state index in [4.69, 9.17) is 9.47 Å². The molecule has 1 saturated carbocycles. The lowest BCUT2D eigenvalue weighted by molar-refractivity contribution is 0.130. The number of alkyl carbamates (subject to hydrolysis) is 1. The van der Waals surface area contributed by atoms with Crippen LogP contribution in [0.3, 0.4) is 0 Å². The first-order valence-electron chi connectivity index (χ1n) is 8.40. The third-order valence-electron chi connectivity index (χ3n) is 4.64. The third kappa shape index (κ3) is 4.73. The Morgan fingerprint density at radius 1 is 1.23 bits per heavy atom. The molecule has 22 heavy (non-hydrogen) atoms. The topological polar surface area (TPSA) is 50.9 Å². The molecule has 0 bridgehead atoms. The Bertz CT molecular complexity index is 466. The highest BCUT2D eigenvalue weighted by molar-refractivity contribution is 5.67. The van der Waals surface area contributed by atoms with Crippen LogP contribution in [-0.2, 0) is 16.1 Å². The van der Waals surface area contributed by atoms with E-state index in [0.717, 1.165) is 24.5 Å². The molecule has 1 N–H and O–H groups in total. The van der Waals surface area contributed by atoms with E-state index >= 15 is 0 Å². The number of epoxide rings is 1. The normalized spacial score (nSPS) is 22.8. The zero-order valence-electron chi connectivity index (χ0n) is 13.0. The van der Waals surface area contributed by atoms with Crippen LogP contribution in [0.4, 0.5) is 4.79 Å². The van der Waals surface area contributed by atoms with Gasteiger partial charge >= 0.3 is 6.09 Å². The molecule has 0 radical (unpaired) electrons. The summed E-state index contributed by atoms with van der Waals surface area (Å²) < 4.78 is 10.7. The molecule has 1 amide bonds. The van der Waals surface area contributed by atoms with Gasteiger partial charge in [-0.15, -0.1) is 0 Å². The number of benzene rings is 1. The van der Waals surface area contributed by atoms with Crippen molar-refractivity contribution >= 4 is 6.09 Å². The van der Waals surface area contributed by atoms with Crippen molar-refractivity contribution in [2.45, 2.75) is 57.3 Å². The van der Waals surface area contributed by atoms with Gasteiger partial charge in [0, 0.05) is 0 Å². The van der Waals surface area contributed by atoms with Gasteiger partial charge in [0.1, 0.15) is 12.7 Å². The molecule has 2 fully saturated rings. The Hall–Kier alpha value is -1.55. The van der Waals surface area contributed by atoms with Crippen LogP contribution < -0.4 is 5.32 Å². The van der Waals surface area contributed by atoms with E-state index in [0.29, 0.717) is 6.61 Å². The molecule has 1 aromatic rings. The summed E-state index contributed by atoms with van der Waals surface area (Å²) in [6.45, 7) is 1.07. The summed E-state index contributed by atoms with van der Waals surface area (Å²) in [4.78, 5) is 12.0. The predicted molar refractivity (Wildman–Crippen MR) is 84.5 cm³/mol. The summed E-state index contributed by atoms with van der Waals surface area (Å²) in [5.41, 5.74) is 1.00. The number of ether oxygens (including phenoxy) is 2. The maximum Gasteiger partial charge on any atom is 0.407 e. The Kier molecular flexibility index (Phi) is 5.33. The van der Waals surface area contributed by atoms with Crippen molar-refractivity contribution in [1.82, 2.24) is 5.32 Å². The van der Waals surface area contributed by atoms with Crippen LogP contribution in [0.15, 0.2) is 30.3 Å². The van der Waals surface area contributed by atoms with Gasteiger partial charge in [0.05, 0.1) is 12.6 Å². The number of carbonyl (C=O) groups excluding carboxylic acids is 1. The van der Waals surface area contributed by atoms with Gasteiger partial charge in [-0.2, -0.15) is 0 Å². The van der Waals surface area contributed by atoms with Gasteiger partial charge in [-0.3, -0.25) is 0 Å². The zero-order chi connectivity index (χ0) is 15.2. The summed E-state index contributed by atoms with van der Waals surface area (Å²) in [5.74, 6) is 0.720. The molecule has 1 aliphatic carbocycles. The van der Waals surface area contributed by atoms with Gasteiger partial charge < -0.3 is 14.8 Å². The van der Waals surface area contributed by atoms with Crippen molar-refractivity contribution < 1.29 is 14.3 Å². The molecule has 0 spiro atoms. The van der Waals surface area contributed by atoms with Crippen molar-refractivity contribution in [3.05, 3.63) is 35.9 Å². The minimum Gasteiger partial charge on any atom is -0.445 e. The maximum atomic E-state index is 12.0. The molecular formula is C18H25NO3. The van der Waals surface area contributed by atoms with Crippen LogP contribution in [0, 0.1) is 5.92 Å². The Balaban J connectivity index is 1.44. The number of hydrogen-bond donors (Lipinski definition) is 1.